The highest BCUT2D eigenvalue weighted by Gasteiger charge is 2.52. The third kappa shape index (κ3) is 4.44. The summed E-state index contributed by atoms with van der Waals surface area (Å²) in [5.41, 5.74) is 0.185. The SMILES string of the molecule is O=C(CCCN1C(=O)NC2(CCCC2)C1=O)Nc1ccccc1SC1CCCC1. The fourth-order valence-electron chi connectivity index (χ4n) is 4.67. The van der Waals surface area contributed by atoms with E-state index in [0.717, 1.165) is 36.3 Å². The molecule has 1 aromatic carbocycles. The number of imide groups is 1. The molecule has 1 aliphatic heterocycles. The summed E-state index contributed by atoms with van der Waals surface area (Å²) in [4.78, 5) is 39.7. The van der Waals surface area contributed by atoms with E-state index >= 15 is 0 Å². The number of amides is 4. The van der Waals surface area contributed by atoms with Gasteiger partial charge in [0.25, 0.3) is 5.91 Å². The Bertz CT molecular complexity index is 785. The van der Waals surface area contributed by atoms with Crippen LogP contribution >= 0.6 is 11.8 Å². The Morgan fingerprint density at radius 2 is 1.86 bits per heavy atom. The summed E-state index contributed by atoms with van der Waals surface area (Å²) in [6.45, 7) is 0.290. The van der Waals surface area contributed by atoms with Crippen LogP contribution in [-0.2, 0) is 9.59 Å². The number of anilines is 1. The van der Waals surface area contributed by atoms with Gasteiger partial charge in [0.05, 0.1) is 5.69 Å². The summed E-state index contributed by atoms with van der Waals surface area (Å²) in [7, 11) is 0. The second-order valence-electron chi connectivity index (χ2n) is 8.35. The number of para-hydroxylation sites is 1. The molecule has 1 saturated heterocycles. The van der Waals surface area contributed by atoms with Gasteiger partial charge >= 0.3 is 6.03 Å². The predicted octanol–water partition coefficient (Wildman–Crippen LogP) is 4.30. The number of thioether (sulfide) groups is 1. The van der Waals surface area contributed by atoms with Crippen LogP contribution in [0.5, 0.6) is 0 Å². The lowest BCUT2D eigenvalue weighted by molar-refractivity contribution is -0.131. The lowest BCUT2D eigenvalue weighted by Crippen LogP contribution is -2.44. The lowest BCUT2D eigenvalue weighted by atomic mass is 9.98. The number of carbonyl (C=O) groups excluding carboxylic acids is 3. The first kappa shape index (κ1) is 20.3. The van der Waals surface area contributed by atoms with Crippen molar-refractivity contribution in [1.29, 1.82) is 0 Å². The molecule has 0 atom stereocenters. The molecule has 1 spiro atoms. The van der Waals surface area contributed by atoms with Gasteiger partial charge < -0.3 is 10.6 Å². The highest BCUT2D eigenvalue weighted by molar-refractivity contribution is 8.00. The maximum absolute atomic E-state index is 12.7. The monoisotopic (exact) mass is 415 g/mol. The van der Waals surface area contributed by atoms with Gasteiger partial charge in [-0.1, -0.05) is 37.8 Å². The number of hydrogen-bond acceptors (Lipinski definition) is 4. The van der Waals surface area contributed by atoms with Gasteiger partial charge in [0.2, 0.25) is 5.91 Å². The standard InChI is InChI=1S/C22H29N3O3S/c26-19(23-17-10-3-4-11-18(17)29-16-8-1-2-9-16)12-7-15-25-20(27)22(24-21(25)28)13-5-6-14-22/h3-4,10-11,16H,1-2,5-9,12-15H2,(H,23,26)(H,24,28). The van der Waals surface area contributed by atoms with Crippen LogP contribution in [0.1, 0.15) is 64.2 Å². The molecule has 7 heteroatoms. The average Bonchev–Trinajstić information content (AvgIpc) is 3.43. The van der Waals surface area contributed by atoms with Gasteiger partial charge in [0, 0.05) is 23.1 Å². The minimum atomic E-state index is -0.671. The molecule has 156 valence electrons. The van der Waals surface area contributed by atoms with E-state index < -0.39 is 5.54 Å². The summed E-state index contributed by atoms with van der Waals surface area (Å²) in [5.74, 6) is -0.189. The van der Waals surface area contributed by atoms with Crippen molar-refractivity contribution in [3.8, 4) is 0 Å². The Balaban J connectivity index is 1.27. The number of urea groups is 1. The van der Waals surface area contributed by atoms with Crippen LogP contribution in [0.25, 0.3) is 0 Å². The van der Waals surface area contributed by atoms with Crippen molar-refractivity contribution in [2.24, 2.45) is 0 Å². The van der Waals surface area contributed by atoms with E-state index in [1.807, 2.05) is 30.0 Å². The van der Waals surface area contributed by atoms with Gasteiger partial charge in [0.1, 0.15) is 5.54 Å². The first-order chi connectivity index (χ1) is 14.1. The van der Waals surface area contributed by atoms with Crippen molar-refractivity contribution in [2.75, 3.05) is 11.9 Å². The van der Waals surface area contributed by atoms with E-state index in [-0.39, 0.29) is 30.8 Å². The van der Waals surface area contributed by atoms with Gasteiger partial charge in [-0.3, -0.25) is 14.5 Å². The Labute approximate surface area is 176 Å². The molecule has 3 aliphatic rings. The largest absolute Gasteiger partial charge is 0.325 e. The lowest BCUT2D eigenvalue weighted by Gasteiger charge is -2.20. The van der Waals surface area contributed by atoms with E-state index in [9.17, 15) is 14.4 Å². The Hall–Kier alpha value is -2.02. The van der Waals surface area contributed by atoms with Crippen molar-refractivity contribution in [2.45, 2.75) is 79.9 Å². The van der Waals surface area contributed by atoms with Crippen molar-refractivity contribution in [1.82, 2.24) is 10.2 Å². The van der Waals surface area contributed by atoms with Crippen molar-refractivity contribution < 1.29 is 14.4 Å². The first-order valence-corrected chi connectivity index (χ1v) is 11.6. The smallest absolute Gasteiger partial charge is 0.325 e. The summed E-state index contributed by atoms with van der Waals surface area (Å²) in [6, 6.07) is 7.63. The van der Waals surface area contributed by atoms with Crippen LogP contribution in [0.15, 0.2) is 29.2 Å². The van der Waals surface area contributed by atoms with Crippen molar-refractivity contribution in [3.05, 3.63) is 24.3 Å². The first-order valence-electron chi connectivity index (χ1n) is 10.8. The summed E-state index contributed by atoms with van der Waals surface area (Å²) in [5, 5.41) is 6.53. The third-order valence-electron chi connectivity index (χ3n) is 6.25. The molecular formula is C22H29N3O3S. The summed E-state index contributed by atoms with van der Waals surface area (Å²) >= 11 is 1.85. The van der Waals surface area contributed by atoms with Crippen LogP contribution in [0.3, 0.4) is 0 Å². The molecule has 2 N–H and O–H groups in total. The maximum atomic E-state index is 12.7. The zero-order valence-corrected chi connectivity index (χ0v) is 17.6. The highest BCUT2D eigenvalue weighted by atomic mass is 32.2. The molecule has 4 rings (SSSR count). The quantitative estimate of drug-likeness (QED) is 0.651. The van der Waals surface area contributed by atoms with Gasteiger partial charge in [-0.2, -0.15) is 0 Å². The normalized spacial score (nSPS) is 21.2. The molecule has 4 amide bonds. The van der Waals surface area contributed by atoms with Crippen LogP contribution in [-0.4, -0.2) is 40.1 Å². The molecule has 3 fully saturated rings. The number of hydrogen-bond donors (Lipinski definition) is 2. The van der Waals surface area contributed by atoms with Crippen molar-refractivity contribution in [3.63, 3.8) is 0 Å². The molecule has 2 saturated carbocycles. The van der Waals surface area contributed by atoms with Crippen molar-refractivity contribution >= 4 is 35.3 Å². The zero-order chi connectivity index (χ0) is 20.3. The molecule has 0 radical (unpaired) electrons. The minimum Gasteiger partial charge on any atom is -0.325 e. The van der Waals surface area contributed by atoms with E-state index in [1.165, 1.54) is 30.6 Å². The third-order valence-corrected chi connectivity index (χ3v) is 7.66. The maximum Gasteiger partial charge on any atom is 0.325 e. The Morgan fingerprint density at radius 3 is 2.62 bits per heavy atom. The molecule has 29 heavy (non-hydrogen) atoms. The number of nitrogens with one attached hydrogen (secondary N) is 2. The van der Waals surface area contributed by atoms with E-state index in [0.29, 0.717) is 11.7 Å². The Morgan fingerprint density at radius 1 is 1.14 bits per heavy atom. The topological polar surface area (TPSA) is 78.5 Å². The van der Waals surface area contributed by atoms with Crippen LogP contribution in [0.4, 0.5) is 10.5 Å². The van der Waals surface area contributed by atoms with Crippen LogP contribution in [0.2, 0.25) is 0 Å². The van der Waals surface area contributed by atoms with Gasteiger partial charge in [0.15, 0.2) is 0 Å². The van der Waals surface area contributed by atoms with Crippen LogP contribution < -0.4 is 10.6 Å². The van der Waals surface area contributed by atoms with E-state index in [2.05, 4.69) is 16.7 Å². The number of benzene rings is 1. The van der Waals surface area contributed by atoms with Gasteiger partial charge in [-0.05, 0) is 44.2 Å². The molecular weight excluding hydrogens is 386 g/mol. The molecule has 0 bridgehead atoms. The molecule has 0 aromatic heterocycles. The van der Waals surface area contributed by atoms with E-state index in [4.69, 9.17) is 0 Å². The fraction of sp³-hybridized carbons (Fsp3) is 0.591. The zero-order valence-electron chi connectivity index (χ0n) is 16.7. The number of carbonyl (C=O) groups is 3. The summed E-state index contributed by atoms with van der Waals surface area (Å²) < 4.78 is 0. The number of nitrogens with zero attached hydrogens (tertiary/aromatic N) is 1. The Kier molecular flexibility index (Phi) is 6.13. The number of rotatable bonds is 7. The van der Waals surface area contributed by atoms with Crippen LogP contribution in [0, 0.1) is 0 Å². The van der Waals surface area contributed by atoms with E-state index in [1.54, 1.807) is 0 Å². The molecule has 1 aromatic rings. The highest BCUT2D eigenvalue weighted by Crippen LogP contribution is 2.38. The molecule has 2 aliphatic carbocycles. The minimum absolute atomic E-state index is 0.0768. The second-order valence-corrected chi connectivity index (χ2v) is 9.69. The van der Waals surface area contributed by atoms with Gasteiger partial charge in [-0.25, -0.2) is 4.79 Å². The summed E-state index contributed by atoms with van der Waals surface area (Å²) in [6.07, 6.45) is 9.20. The molecule has 6 nitrogen and oxygen atoms in total. The second kappa shape index (κ2) is 8.78. The fourth-order valence-corrected chi connectivity index (χ4v) is 6.00. The average molecular weight is 416 g/mol. The predicted molar refractivity (Wildman–Crippen MR) is 114 cm³/mol. The molecule has 1 heterocycles. The molecule has 0 unspecified atom stereocenters. The van der Waals surface area contributed by atoms with Gasteiger partial charge in [-0.15, -0.1) is 11.8 Å².